The summed E-state index contributed by atoms with van der Waals surface area (Å²) in [5, 5.41) is 0. The van der Waals surface area contributed by atoms with Crippen molar-refractivity contribution in [2.75, 3.05) is 0 Å². The van der Waals surface area contributed by atoms with Gasteiger partial charge in [-0.3, -0.25) is 0 Å². The molecule has 2 aromatic carbocycles. The first kappa shape index (κ1) is 10.6. The second kappa shape index (κ2) is 4.75. The third kappa shape index (κ3) is 2.56. The van der Waals surface area contributed by atoms with Gasteiger partial charge in [0.15, 0.2) is 0 Å². The van der Waals surface area contributed by atoms with E-state index in [-0.39, 0.29) is 5.82 Å². The Morgan fingerprint density at radius 3 is 2.33 bits per heavy atom. The lowest BCUT2D eigenvalue weighted by atomic mass is 10.0. The van der Waals surface area contributed by atoms with Gasteiger partial charge in [0.05, 0.1) is 0 Å². The number of benzene rings is 2. The zero-order valence-corrected chi connectivity index (χ0v) is 10.2. The fraction of sp³-hybridized carbons (Fsp3) is 0.0769. The predicted octanol–water partition coefficient (Wildman–Crippen LogP) is 4.02. The highest BCUT2D eigenvalue weighted by Crippen LogP contribution is 2.19. The first-order valence-electron chi connectivity index (χ1n) is 4.74. The van der Waals surface area contributed by atoms with Crippen molar-refractivity contribution in [2.45, 2.75) is 6.42 Å². The molecule has 0 radical (unpaired) electrons. The van der Waals surface area contributed by atoms with Gasteiger partial charge in [-0.25, -0.2) is 4.39 Å². The summed E-state index contributed by atoms with van der Waals surface area (Å²) in [7, 11) is 0. The third-order valence-electron chi connectivity index (χ3n) is 2.29. The molecule has 0 N–H and O–H groups in total. The van der Waals surface area contributed by atoms with Gasteiger partial charge in [0.25, 0.3) is 0 Å². The summed E-state index contributed by atoms with van der Waals surface area (Å²) < 4.78 is 14.5. The van der Waals surface area contributed by atoms with E-state index in [0.29, 0.717) is 6.42 Å². The maximum atomic E-state index is 13.5. The van der Waals surface area contributed by atoms with Crippen LogP contribution in [-0.4, -0.2) is 0 Å². The van der Waals surface area contributed by atoms with Crippen molar-refractivity contribution >= 4 is 22.6 Å². The molecule has 0 aromatic heterocycles. The van der Waals surface area contributed by atoms with Crippen LogP contribution < -0.4 is 0 Å². The van der Waals surface area contributed by atoms with Crippen LogP contribution in [0.2, 0.25) is 0 Å². The zero-order valence-electron chi connectivity index (χ0n) is 8.08. The molecule has 0 saturated heterocycles. The zero-order chi connectivity index (χ0) is 10.7. The number of rotatable bonds is 2. The average Bonchev–Trinajstić information content (AvgIpc) is 2.25. The summed E-state index contributed by atoms with van der Waals surface area (Å²) in [5.41, 5.74) is 1.92. The first-order valence-corrected chi connectivity index (χ1v) is 5.82. The Kier molecular flexibility index (Phi) is 3.36. The Balaban J connectivity index is 2.32. The van der Waals surface area contributed by atoms with Gasteiger partial charge in [-0.05, 0) is 40.3 Å². The van der Waals surface area contributed by atoms with Crippen molar-refractivity contribution in [2.24, 2.45) is 0 Å². The van der Waals surface area contributed by atoms with Gasteiger partial charge in [-0.1, -0.05) is 36.4 Å². The van der Waals surface area contributed by atoms with Crippen molar-refractivity contribution < 1.29 is 4.39 Å². The quantitative estimate of drug-likeness (QED) is 0.735. The van der Waals surface area contributed by atoms with E-state index in [4.69, 9.17) is 0 Å². The second-order valence-electron chi connectivity index (χ2n) is 3.36. The van der Waals surface area contributed by atoms with E-state index in [1.165, 1.54) is 6.07 Å². The van der Waals surface area contributed by atoms with E-state index in [2.05, 4.69) is 22.6 Å². The number of hydrogen-bond donors (Lipinski definition) is 0. The molecule has 0 heterocycles. The molecule has 0 amide bonds. The highest BCUT2D eigenvalue weighted by Gasteiger charge is 2.06. The summed E-state index contributed by atoms with van der Waals surface area (Å²) >= 11 is 2.17. The lowest BCUT2D eigenvalue weighted by Gasteiger charge is -2.05. The van der Waals surface area contributed by atoms with E-state index in [1.54, 1.807) is 6.07 Å². The number of hydrogen-bond acceptors (Lipinski definition) is 0. The predicted molar refractivity (Wildman–Crippen MR) is 68.4 cm³/mol. The lowest BCUT2D eigenvalue weighted by Crippen LogP contribution is -1.95. The maximum absolute atomic E-state index is 13.5. The van der Waals surface area contributed by atoms with Crippen LogP contribution in [0.3, 0.4) is 0 Å². The Morgan fingerprint density at radius 2 is 1.67 bits per heavy atom. The minimum atomic E-state index is -0.120. The van der Waals surface area contributed by atoms with Gasteiger partial charge in [0.2, 0.25) is 0 Å². The van der Waals surface area contributed by atoms with Crippen LogP contribution in [0.5, 0.6) is 0 Å². The molecule has 0 aliphatic carbocycles. The fourth-order valence-corrected chi connectivity index (χ4v) is 2.16. The highest BCUT2D eigenvalue weighted by molar-refractivity contribution is 14.1. The van der Waals surface area contributed by atoms with Crippen molar-refractivity contribution in [3.8, 4) is 0 Å². The molecule has 2 aromatic rings. The maximum Gasteiger partial charge on any atom is 0.127 e. The molecule has 0 bridgehead atoms. The van der Waals surface area contributed by atoms with Gasteiger partial charge in [0, 0.05) is 15.6 Å². The molecular formula is C13H10FI. The smallest absolute Gasteiger partial charge is 0.127 e. The molecule has 15 heavy (non-hydrogen) atoms. The molecular weight excluding hydrogens is 302 g/mol. The lowest BCUT2D eigenvalue weighted by molar-refractivity contribution is 0.612. The van der Waals surface area contributed by atoms with Gasteiger partial charge < -0.3 is 0 Å². The van der Waals surface area contributed by atoms with Gasteiger partial charge in [-0.15, -0.1) is 0 Å². The molecule has 0 nitrogen and oxygen atoms in total. The van der Waals surface area contributed by atoms with E-state index < -0.39 is 0 Å². The van der Waals surface area contributed by atoms with Crippen LogP contribution in [0.25, 0.3) is 0 Å². The van der Waals surface area contributed by atoms with Gasteiger partial charge >= 0.3 is 0 Å². The van der Waals surface area contributed by atoms with Crippen LogP contribution in [0.1, 0.15) is 11.1 Å². The topological polar surface area (TPSA) is 0 Å². The molecule has 2 heteroatoms. The van der Waals surface area contributed by atoms with Crippen molar-refractivity contribution in [1.29, 1.82) is 0 Å². The Hall–Kier alpha value is -0.900. The van der Waals surface area contributed by atoms with Crippen molar-refractivity contribution in [3.63, 3.8) is 0 Å². The Bertz CT molecular complexity index is 431. The highest BCUT2D eigenvalue weighted by atomic mass is 127. The molecule has 2 rings (SSSR count). The van der Waals surface area contributed by atoms with E-state index in [9.17, 15) is 4.39 Å². The Morgan fingerprint density at radius 1 is 0.933 bits per heavy atom. The second-order valence-corrected chi connectivity index (χ2v) is 4.52. The Labute approximate surface area is 102 Å². The molecule has 0 aliphatic heterocycles. The first-order chi connectivity index (χ1) is 7.27. The van der Waals surface area contributed by atoms with E-state index in [0.717, 1.165) is 14.7 Å². The standard InChI is InChI=1S/C13H10FI/c14-12-7-4-8-13(15)11(12)9-10-5-2-1-3-6-10/h1-8H,9H2. The minimum Gasteiger partial charge on any atom is -0.207 e. The molecule has 0 saturated carbocycles. The normalized spacial score (nSPS) is 10.3. The summed E-state index contributed by atoms with van der Waals surface area (Å²) in [6.07, 6.45) is 0.659. The van der Waals surface area contributed by atoms with Crippen LogP contribution in [0, 0.1) is 9.39 Å². The summed E-state index contributed by atoms with van der Waals surface area (Å²) in [4.78, 5) is 0. The number of halogens is 2. The summed E-state index contributed by atoms with van der Waals surface area (Å²) in [5.74, 6) is -0.120. The van der Waals surface area contributed by atoms with Crippen LogP contribution in [0.4, 0.5) is 4.39 Å². The minimum absolute atomic E-state index is 0.120. The summed E-state index contributed by atoms with van der Waals surface area (Å²) in [6.45, 7) is 0. The van der Waals surface area contributed by atoms with E-state index >= 15 is 0 Å². The molecule has 0 unspecified atom stereocenters. The average molecular weight is 312 g/mol. The summed E-state index contributed by atoms with van der Waals surface area (Å²) in [6, 6.07) is 15.1. The van der Waals surface area contributed by atoms with Crippen LogP contribution in [0.15, 0.2) is 48.5 Å². The fourth-order valence-electron chi connectivity index (χ4n) is 1.50. The van der Waals surface area contributed by atoms with Crippen molar-refractivity contribution in [1.82, 2.24) is 0 Å². The van der Waals surface area contributed by atoms with Gasteiger partial charge in [0.1, 0.15) is 5.82 Å². The molecule has 0 fully saturated rings. The van der Waals surface area contributed by atoms with E-state index in [1.807, 2.05) is 36.4 Å². The van der Waals surface area contributed by atoms with Crippen LogP contribution >= 0.6 is 22.6 Å². The monoisotopic (exact) mass is 312 g/mol. The molecule has 76 valence electrons. The molecule has 0 spiro atoms. The molecule has 0 aliphatic rings. The van der Waals surface area contributed by atoms with Crippen molar-refractivity contribution in [3.05, 3.63) is 69.0 Å². The third-order valence-corrected chi connectivity index (χ3v) is 3.30. The van der Waals surface area contributed by atoms with Crippen LogP contribution in [-0.2, 0) is 6.42 Å². The SMILES string of the molecule is Fc1cccc(I)c1Cc1ccccc1. The molecule has 0 atom stereocenters. The largest absolute Gasteiger partial charge is 0.207 e. The van der Waals surface area contributed by atoms with Gasteiger partial charge in [-0.2, -0.15) is 0 Å².